The van der Waals surface area contributed by atoms with Gasteiger partial charge in [-0.1, -0.05) is 0 Å². The van der Waals surface area contributed by atoms with Gasteiger partial charge in [-0.05, 0) is 25.3 Å². The van der Waals surface area contributed by atoms with Gasteiger partial charge in [0.15, 0.2) is 0 Å². The van der Waals surface area contributed by atoms with E-state index in [9.17, 15) is 4.39 Å². The first-order valence-corrected chi connectivity index (χ1v) is 6.89. The molecule has 5 heteroatoms. The molecule has 104 valence electrons. The van der Waals surface area contributed by atoms with Crippen LogP contribution in [-0.4, -0.2) is 30.8 Å². The Kier molecular flexibility index (Phi) is 3.94. The highest BCUT2D eigenvalue weighted by molar-refractivity contribution is 5.26. The van der Waals surface area contributed by atoms with Gasteiger partial charge in [0, 0.05) is 30.7 Å². The van der Waals surface area contributed by atoms with Crippen LogP contribution in [0.25, 0.3) is 0 Å². The van der Waals surface area contributed by atoms with E-state index in [4.69, 9.17) is 9.47 Å². The maximum Gasteiger partial charge on any atom is 0.218 e. The molecule has 1 unspecified atom stereocenters. The van der Waals surface area contributed by atoms with Gasteiger partial charge < -0.3 is 14.8 Å². The topological polar surface area (TPSA) is 43.4 Å². The number of hydrogen-bond donors (Lipinski definition) is 1. The number of halogens is 1. The maximum atomic E-state index is 13.3. The van der Waals surface area contributed by atoms with E-state index >= 15 is 0 Å². The van der Waals surface area contributed by atoms with Crippen LogP contribution in [0.4, 0.5) is 4.39 Å². The van der Waals surface area contributed by atoms with Crippen molar-refractivity contribution in [3.8, 4) is 5.88 Å². The zero-order valence-electron chi connectivity index (χ0n) is 10.9. The van der Waals surface area contributed by atoms with Crippen molar-refractivity contribution in [3.63, 3.8) is 0 Å². The van der Waals surface area contributed by atoms with E-state index in [0.29, 0.717) is 31.0 Å². The van der Waals surface area contributed by atoms with Crippen LogP contribution in [0.3, 0.4) is 0 Å². The lowest BCUT2D eigenvalue weighted by Crippen LogP contribution is -2.18. The fourth-order valence-corrected chi connectivity index (χ4v) is 2.18. The summed E-state index contributed by atoms with van der Waals surface area (Å²) < 4.78 is 24.3. The molecule has 0 radical (unpaired) electrons. The van der Waals surface area contributed by atoms with Gasteiger partial charge >= 0.3 is 0 Å². The second-order valence-electron chi connectivity index (χ2n) is 5.31. The van der Waals surface area contributed by atoms with Crippen molar-refractivity contribution in [2.75, 3.05) is 19.8 Å². The third kappa shape index (κ3) is 3.64. The molecule has 1 aliphatic heterocycles. The molecule has 1 saturated heterocycles. The lowest BCUT2D eigenvalue weighted by atomic mass is 10.1. The van der Waals surface area contributed by atoms with Gasteiger partial charge in [-0.15, -0.1) is 0 Å². The minimum Gasteiger partial charge on any atom is -0.477 e. The van der Waals surface area contributed by atoms with Crippen molar-refractivity contribution in [2.24, 2.45) is 5.92 Å². The first-order valence-electron chi connectivity index (χ1n) is 6.89. The first kappa shape index (κ1) is 12.8. The third-order valence-electron chi connectivity index (χ3n) is 3.53. The molecular formula is C14H19FN2O2. The minimum atomic E-state index is -0.316. The second-order valence-corrected chi connectivity index (χ2v) is 5.31. The lowest BCUT2D eigenvalue weighted by molar-refractivity contribution is 0.165. The van der Waals surface area contributed by atoms with Crippen LogP contribution < -0.4 is 10.1 Å². The normalized spacial score (nSPS) is 22.7. The molecule has 2 aliphatic rings. The van der Waals surface area contributed by atoms with Crippen molar-refractivity contribution >= 4 is 0 Å². The van der Waals surface area contributed by atoms with Crippen LogP contribution in [0.2, 0.25) is 0 Å². The highest BCUT2D eigenvalue weighted by Crippen LogP contribution is 2.23. The Morgan fingerprint density at radius 1 is 1.42 bits per heavy atom. The summed E-state index contributed by atoms with van der Waals surface area (Å²) >= 11 is 0. The summed E-state index contributed by atoms with van der Waals surface area (Å²) in [4.78, 5) is 4.06. The summed E-state index contributed by atoms with van der Waals surface area (Å²) in [5.74, 6) is 0.654. The molecular weight excluding hydrogens is 247 g/mol. The van der Waals surface area contributed by atoms with Crippen molar-refractivity contribution in [3.05, 3.63) is 23.6 Å². The standard InChI is InChI=1S/C14H19FN2O2/c15-12-5-11(6-16-13-1-2-13)14(17-7-12)19-9-10-3-4-18-8-10/h5,7,10,13,16H,1-4,6,8-9H2. The Morgan fingerprint density at radius 3 is 3.05 bits per heavy atom. The van der Waals surface area contributed by atoms with E-state index in [1.54, 1.807) is 0 Å². The monoisotopic (exact) mass is 266 g/mol. The van der Waals surface area contributed by atoms with Crippen molar-refractivity contribution in [1.29, 1.82) is 0 Å². The number of nitrogens with one attached hydrogen (secondary N) is 1. The number of ether oxygens (including phenoxy) is 2. The van der Waals surface area contributed by atoms with Gasteiger partial charge in [0.2, 0.25) is 5.88 Å². The highest BCUT2D eigenvalue weighted by Gasteiger charge is 2.22. The SMILES string of the molecule is Fc1cnc(OCC2CCOC2)c(CNC2CC2)c1. The van der Waals surface area contributed by atoms with E-state index in [0.717, 1.165) is 25.2 Å². The van der Waals surface area contributed by atoms with Crippen LogP contribution >= 0.6 is 0 Å². The van der Waals surface area contributed by atoms with E-state index < -0.39 is 0 Å². The Hall–Kier alpha value is -1.20. The molecule has 1 N–H and O–H groups in total. The smallest absolute Gasteiger partial charge is 0.218 e. The van der Waals surface area contributed by atoms with E-state index in [1.165, 1.54) is 25.1 Å². The van der Waals surface area contributed by atoms with E-state index in [1.807, 2.05) is 0 Å². The molecule has 1 aliphatic carbocycles. The molecule has 4 nitrogen and oxygen atoms in total. The van der Waals surface area contributed by atoms with Crippen molar-refractivity contribution in [2.45, 2.75) is 31.8 Å². The third-order valence-corrected chi connectivity index (χ3v) is 3.53. The summed E-state index contributed by atoms with van der Waals surface area (Å²) in [6.45, 7) is 2.76. The highest BCUT2D eigenvalue weighted by atomic mass is 19.1. The van der Waals surface area contributed by atoms with E-state index in [-0.39, 0.29) is 5.82 Å². The van der Waals surface area contributed by atoms with Crippen molar-refractivity contribution < 1.29 is 13.9 Å². The number of rotatable bonds is 6. The number of aromatic nitrogens is 1. The summed E-state index contributed by atoms with van der Waals surface area (Å²) in [6.07, 6.45) is 4.65. The molecule has 0 aromatic carbocycles. The molecule has 1 aromatic heterocycles. The molecule has 0 spiro atoms. The molecule has 1 atom stereocenters. The fraction of sp³-hybridized carbons (Fsp3) is 0.643. The van der Waals surface area contributed by atoms with Gasteiger partial charge in [-0.25, -0.2) is 9.37 Å². The predicted molar refractivity (Wildman–Crippen MR) is 68.5 cm³/mol. The maximum absolute atomic E-state index is 13.3. The molecule has 3 rings (SSSR count). The van der Waals surface area contributed by atoms with Crippen LogP contribution in [0.5, 0.6) is 5.88 Å². The molecule has 2 fully saturated rings. The summed E-state index contributed by atoms with van der Waals surface area (Å²) in [7, 11) is 0. The number of pyridine rings is 1. The molecule has 2 heterocycles. The van der Waals surface area contributed by atoms with Crippen molar-refractivity contribution in [1.82, 2.24) is 10.3 Å². The predicted octanol–water partition coefficient (Wildman–Crippen LogP) is 1.89. The zero-order chi connectivity index (χ0) is 13.1. The van der Waals surface area contributed by atoms with Gasteiger partial charge in [-0.2, -0.15) is 0 Å². The zero-order valence-corrected chi connectivity index (χ0v) is 10.9. The Balaban J connectivity index is 1.60. The summed E-state index contributed by atoms with van der Waals surface area (Å²) in [5, 5.41) is 3.36. The Morgan fingerprint density at radius 2 is 2.32 bits per heavy atom. The molecule has 0 amide bonds. The van der Waals surface area contributed by atoms with Gasteiger partial charge in [0.05, 0.1) is 19.4 Å². The van der Waals surface area contributed by atoms with Crippen LogP contribution in [0, 0.1) is 11.7 Å². The Bertz CT molecular complexity index is 431. The van der Waals surface area contributed by atoms with Crippen LogP contribution in [-0.2, 0) is 11.3 Å². The second kappa shape index (κ2) is 5.84. The fourth-order valence-electron chi connectivity index (χ4n) is 2.18. The Labute approximate surface area is 112 Å². The number of hydrogen-bond acceptors (Lipinski definition) is 4. The summed E-state index contributed by atoms with van der Waals surface area (Å²) in [6, 6.07) is 2.09. The average Bonchev–Trinajstić information content (AvgIpc) is 3.10. The molecule has 1 saturated carbocycles. The number of nitrogens with zero attached hydrogens (tertiary/aromatic N) is 1. The van der Waals surface area contributed by atoms with Crippen LogP contribution in [0.15, 0.2) is 12.3 Å². The lowest BCUT2D eigenvalue weighted by Gasteiger charge is -2.13. The van der Waals surface area contributed by atoms with Gasteiger partial charge in [-0.3, -0.25) is 0 Å². The summed E-state index contributed by atoms with van der Waals surface area (Å²) in [5.41, 5.74) is 0.797. The largest absolute Gasteiger partial charge is 0.477 e. The van der Waals surface area contributed by atoms with Gasteiger partial charge in [0.1, 0.15) is 5.82 Å². The molecule has 1 aromatic rings. The van der Waals surface area contributed by atoms with E-state index in [2.05, 4.69) is 10.3 Å². The molecule has 19 heavy (non-hydrogen) atoms. The van der Waals surface area contributed by atoms with Gasteiger partial charge in [0.25, 0.3) is 0 Å². The average molecular weight is 266 g/mol. The quantitative estimate of drug-likeness (QED) is 0.854. The minimum absolute atomic E-state index is 0.316. The molecule has 0 bridgehead atoms. The first-order chi connectivity index (χ1) is 9.31. The van der Waals surface area contributed by atoms with Crippen LogP contribution in [0.1, 0.15) is 24.8 Å².